The highest BCUT2D eigenvalue weighted by molar-refractivity contribution is 5.00. The van der Waals surface area contributed by atoms with E-state index in [4.69, 9.17) is 9.47 Å². The molecule has 0 radical (unpaired) electrons. The molecule has 6 heteroatoms. The zero-order chi connectivity index (χ0) is 13.7. The van der Waals surface area contributed by atoms with Gasteiger partial charge < -0.3 is 29.9 Å². The van der Waals surface area contributed by atoms with Crippen LogP contribution in [0.15, 0.2) is 25.3 Å². The van der Waals surface area contributed by atoms with Gasteiger partial charge in [-0.2, -0.15) is 0 Å². The number of aliphatic hydroxyl groups is 4. The molecule has 104 valence electrons. The third-order valence-corrected chi connectivity index (χ3v) is 2.86. The Hall–Kier alpha value is -0.760. The quantitative estimate of drug-likeness (QED) is 0.438. The van der Waals surface area contributed by atoms with Gasteiger partial charge in [-0.25, -0.2) is 0 Å². The second kappa shape index (κ2) is 6.98. The molecule has 6 unspecified atom stereocenters. The first-order chi connectivity index (χ1) is 8.54. The van der Waals surface area contributed by atoms with Crippen molar-refractivity contribution in [1.29, 1.82) is 0 Å². The smallest absolute Gasteiger partial charge is 0.115 e. The fraction of sp³-hybridized carbons (Fsp3) is 0.667. The summed E-state index contributed by atoms with van der Waals surface area (Å²) in [5, 5.41) is 38.8. The average molecular weight is 260 g/mol. The van der Waals surface area contributed by atoms with Crippen LogP contribution in [0.3, 0.4) is 0 Å². The van der Waals surface area contributed by atoms with Crippen LogP contribution in [0.5, 0.6) is 0 Å². The predicted molar refractivity (Wildman–Crippen MR) is 63.9 cm³/mol. The monoisotopic (exact) mass is 260 g/mol. The lowest BCUT2D eigenvalue weighted by Crippen LogP contribution is -2.65. The van der Waals surface area contributed by atoms with Gasteiger partial charge in [0.15, 0.2) is 0 Å². The maximum absolute atomic E-state index is 9.84. The Bertz CT molecular complexity index is 254. The van der Waals surface area contributed by atoms with Crippen LogP contribution >= 0.6 is 0 Å². The van der Waals surface area contributed by atoms with Crippen LogP contribution in [0.1, 0.15) is 0 Å². The highest BCUT2D eigenvalue weighted by Crippen LogP contribution is 2.26. The fourth-order valence-corrected chi connectivity index (χ4v) is 1.93. The van der Waals surface area contributed by atoms with E-state index in [1.807, 2.05) is 0 Å². The van der Waals surface area contributed by atoms with Gasteiger partial charge in [0.05, 0.1) is 13.2 Å². The molecular formula is C12H20O6. The molecule has 0 bridgehead atoms. The maximum atomic E-state index is 9.84. The molecule has 0 aliphatic heterocycles. The molecule has 0 heterocycles. The Morgan fingerprint density at radius 1 is 0.722 bits per heavy atom. The summed E-state index contributed by atoms with van der Waals surface area (Å²) in [5.74, 6) is 0. The van der Waals surface area contributed by atoms with E-state index < -0.39 is 36.6 Å². The fourth-order valence-electron chi connectivity index (χ4n) is 1.93. The summed E-state index contributed by atoms with van der Waals surface area (Å²) in [4.78, 5) is 0. The maximum Gasteiger partial charge on any atom is 0.115 e. The van der Waals surface area contributed by atoms with Gasteiger partial charge in [-0.1, -0.05) is 12.2 Å². The molecule has 0 aromatic heterocycles. The number of aliphatic hydroxyl groups excluding tert-OH is 4. The van der Waals surface area contributed by atoms with Crippen molar-refractivity contribution in [3.8, 4) is 0 Å². The summed E-state index contributed by atoms with van der Waals surface area (Å²) in [6.07, 6.45) is -4.62. The molecule has 1 aliphatic carbocycles. The number of rotatable bonds is 6. The lowest BCUT2D eigenvalue weighted by atomic mass is 9.84. The highest BCUT2D eigenvalue weighted by atomic mass is 16.6. The molecule has 1 fully saturated rings. The summed E-state index contributed by atoms with van der Waals surface area (Å²) in [6.45, 7) is 7.20. The number of ether oxygens (including phenoxy) is 2. The normalized spacial score (nSPS) is 40.4. The van der Waals surface area contributed by atoms with E-state index in [1.165, 1.54) is 12.2 Å². The van der Waals surface area contributed by atoms with E-state index >= 15 is 0 Å². The second-order valence-corrected chi connectivity index (χ2v) is 4.14. The molecule has 1 aliphatic rings. The molecule has 6 atom stereocenters. The standard InChI is InChI=1S/C12H20O6/c1-3-5-17-11-9(15)7(13)8(14)10(16)12(11)18-6-4-2/h3-4,7-16H,1-2,5-6H2. The third kappa shape index (κ3) is 3.17. The summed E-state index contributed by atoms with van der Waals surface area (Å²) < 4.78 is 10.6. The molecule has 0 amide bonds. The van der Waals surface area contributed by atoms with Gasteiger partial charge in [0.25, 0.3) is 0 Å². The van der Waals surface area contributed by atoms with E-state index in [0.29, 0.717) is 0 Å². The summed E-state index contributed by atoms with van der Waals surface area (Å²) in [6, 6.07) is 0. The highest BCUT2D eigenvalue weighted by Gasteiger charge is 2.50. The Kier molecular flexibility index (Phi) is 5.94. The minimum absolute atomic E-state index is 0.130. The summed E-state index contributed by atoms with van der Waals surface area (Å²) >= 11 is 0. The van der Waals surface area contributed by atoms with Crippen molar-refractivity contribution >= 4 is 0 Å². The molecule has 1 saturated carbocycles. The van der Waals surface area contributed by atoms with Gasteiger partial charge in [0.1, 0.15) is 36.6 Å². The van der Waals surface area contributed by atoms with Crippen LogP contribution in [-0.4, -0.2) is 70.3 Å². The Balaban J connectivity index is 2.82. The SMILES string of the molecule is C=CCOC1C(O)C(O)C(O)C(O)C1OCC=C. The Morgan fingerprint density at radius 2 is 1.06 bits per heavy atom. The van der Waals surface area contributed by atoms with Gasteiger partial charge in [0, 0.05) is 0 Å². The average Bonchev–Trinajstić information content (AvgIpc) is 2.38. The van der Waals surface area contributed by atoms with E-state index in [0.717, 1.165) is 0 Å². The molecule has 0 aromatic carbocycles. The van der Waals surface area contributed by atoms with E-state index in [1.54, 1.807) is 0 Å². The lowest BCUT2D eigenvalue weighted by molar-refractivity contribution is -0.242. The minimum atomic E-state index is -1.49. The van der Waals surface area contributed by atoms with Crippen molar-refractivity contribution < 1.29 is 29.9 Å². The van der Waals surface area contributed by atoms with Crippen molar-refractivity contribution in [2.24, 2.45) is 0 Å². The lowest BCUT2D eigenvalue weighted by Gasteiger charge is -2.43. The molecule has 6 nitrogen and oxygen atoms in total. The van der Waals surface area contributed by atoms with E-state index in [9.17, 15) is 20.4 Å². The first-order valence-corrected chi connectivity index (χ1v) is 5.71. The Labute approximate surface area is 106 Å². The molecule has 4 N–H and O–H groups in total. The van der Waals surface area contributed by atoms with Crippen LogP contribution < -0.4 is 0 Å². The van der Waals surface area contributed by atoms with Crippen LogP contribution in [0, 0.1) is 0 Å². The number of hydrogen-bond donors (Lipinski definition) is 4. The minimum Gasteiger partial charge on any atom is -0.387 e. The topological polar surface area (TPSA) is 99.4 Å². The van der Waals surface area contributed by atoms with Crippen molar-refractivity contribution in [1.82, 2.24) is 0 Å². The second-order valence-electron chi connectivity index (χ2n) is 4.14. The van der Waals surface area contributed by atoms with Crippen LogP contribution in [0.25, 0.3) is 0 Å². The van der Waals surface area contributed by atoms with E-state index in [-0.39, 0.29) is 13.2 Å². The zero-order valence-electron chi connectivity index (χ0n) is 10.1. The first-order valence-electron chi connectivity index (χ1n) is 5.71. The first kappa shape index (κ1) is 15.3. The molecule has 0 saturated heterocycles. The van der Waals surface area contributed by atoms with Crippen LogP contribution in [-0.2, 0) is 9.47 Å². The zero-order valence-corrected chi connectivity index (χ0v) is 10.1. The third-order valence-electron chi connectivity index (χ3n) is 2.86. The van der Waals surface area contributed by atoms with Crippen LogP contribution in [0.2, 0.25) is 0 Å². The molecule has 18 heavy (non-hydrogen) atoms. The van der Waals surface area contributed by atoms with Gasteiger partial charge in [-0.3, -0.25) is 0 Å². The van der Waals surface area contributed by atoms with Crippen molar-refractivity contribution in [3.63, 3.8) is 0 Å². The van der Waals surface area contributed by atoms with Crippen molar-refractivity contribution in [3.05, 3.63) is 25.3 Å². The van der Waals surface area contributed by atoms with Gasteiger partial charge in [-0.05, 0) is 0 Å². The van der Waals surface area contributed by atoms with Crippen LogP contribution in [0.4, 0.5) is 0 Å². The summed E-state index contributed by atoms with van der Waals surface area (Å²) in [5.41, 5.74) is 0. The van der Waals surface area contributed by atoms with Gasteiger partial charge >= 0.3 is 0 Å². The molecule has 0 spiro atoms. The summed E-state index contributed by atoms with van der Waals surface area (Å²) in [7, 11) is 0. The molecule has 0 aromatic rings. The number of hydrogen-bond acceptors (Lipinski definition) is 6. The van der Waals surface area contributed by atoms with Gasteiger partial charge in [-0.15, -0.1) is 13.2 Å². The molecular weight excluding hydrogens is 240 g/mol. The van der Waals surface area contributed by atoms with Gasteiger partial charge in [0.2, 0.25) is 0 Å². The predicted octanol–water partition coefficient (Wildman–Crippen LogP) is -1.41. The molecule has 1 rings (SSSR count). The van der Waals surface area contributed by atoms with Crippen molar-refractivity contribution in [2.75, 3.05) is 13.2 Å². The van der Waals surface area contributed by atoms with E-state index in [2.05, 4.69) is 13.2 Å². The Morgan fingerprint density at radius 3 is 1.33 bits per heavy atom. The van der Waals surface area contributed by atoms with Crippen molar-refractivity contribution in [2.45, 2.75) is 36.6 Å². The largest absolute Gasteiger partial charge is 0.387 e.